The molecule has 1 aromatic heterocycles. The van der Waals surface area contributed by atoms with Crippen molar-refractivity contribution in [3.05, 3.63) is 51.8 Å². The summed E-state index contributed by atoms with van der Waals surface area (Å²) < 4.78 is 25.7. The first-order valence-corrected chi connectivity index (χ1v) is 6.75. The molecule has 112 valence electrons. The molecule has 21 heavy (non-hydrogen) atoms. The SMILES string of the molecule is O=C(NCc1cccc(Cl)c1Cl)c1ccnn1CC(F)F. The lowest BCUT2D eigenvalue weighted by atomic mass is 10.2. The maximum absolute atomic E-state index is 12.4. The molecule has 4 nitrogen and oxygen atoms in total. The van der Waals surface area contributed by atoms with Crippen LogP contribution in [-0.4, -0.2) is 22.1 Å². The summed E-state index contributed by atoms with van der Waals surface area (Å²) in [6, 6.07) is 6.42. The molecule has 1 N–H and O–H groups in total. The number of carbonyl (C=O) groups is 1. The summed E-state index contributed by atoms with van der Waals surface area (Å²) in [6.07, 6.45) is -1.29. The molecule has 0 atom stereocenters. The van der Waals surface area contributed by atoms with Crippen LogP contribution in [0.15, 0.2) is 30.5 Å². The summed E-state index contributed by atoms with van der Waals surface area (Å²) in [7, 11) is 0. The van der Waals surface area contributed by atoms with E-state index in [1.165, 1.54) is 12.3 Å². The maximum atomic E-state index is 12.4. The van der Waals surface area contributed by atoms with Crippen molar-refractivity contribution in [1.82, 2.24) is 15.1 Å². The van der Waals surface area contributed by atoms with Crippen molar-refractivity contribution in [1.29, 1.82) is 0 Å². The minimum absolute atomic E-state index is 0.0634. The highest BCUT2D eigenvalue weighted by Gasteiger charge is 2.15. The van der Waals surface area contributed by atoms with Gasteiger partial charge in [0.25, 0.3) is 12.3 Å². The minimum atomic E-state index is -2.58. The lowest BCUT2D eigenvalue weighted by Gasteiger charge is -2.09. The summed E-state index contributed by atoms with van der Waals surface area (Å²) in [5.41, 5.74) is 0.700. The van der Waals surface area contributed by atoms with Crippen LogP contribution in [0.1, 0.15) is 16.1 Å². The van der Waals surface area contributed by atoms with Gasteiger partial charge in [0.05, 0.1) is 10.0 Å². The average Bonchev–Trinajstić information content (AvgIpc) is 2.87. The van der Waals surface area contributed by atoms with Crippen LogP contribution in [0.4, 0.5) is 8.78 Å². The van der Waals surface area contributed by atoms with Gasteiger partial charge in [-0.3, -0.25) is 9.48 Å². The Morgan fingerprint density at radius 2 is 2.10 bits per heavy atom. The second-order valence-electron chi connectivity index (χ2n) is 4.19. The molecule has 0 saturated heterocycles. The number of amides is 1. The van der Waals surface area contributed by atoms with E-state index in [1.807, 2.05) is 0 Å². The van der Waals surface area contributed by atoms with Crippen molar-refractivity contribution in [2.45, 2.75) is 19.5 Å². The van der Waals surface area contributed by atoms with Gasteiger partial charge in [-0.05, 0) is 17.7 Å². The Morgan fingerprint density at radius 1 is 1.33 bits per heavy atom. The highest BCUT2D eigenvalue weighted by Crippen LogP contribution is 2.25. The Hall–Kier alpha value is -1.66. The molecule has 0 spiro atoms. The summed E-state index contributed by atoms with van der Waals surface area (Å²) in [4.78, 5) is 12.0. The van der Waals surface area contributed by atoms with Crippen LogP contribution >= 0.6 is 23.2 Å². The number of hydrogen-bond acceptors (Lipinski definition) is 2. The van der Waals surface area contributed by atoms with Crippen LogP contribution in [-0.2, 0) is 13.1 Å². The summed E-state index contributed by atoms with van der Waals surface area (Å²) >= 11 is 11.9. The van der Waals surface area contributed by atoms with Gasteiger partial charge < -0.3 is 5.32 Å². The zero-order valence-corrected chi connectivity index (χ0v) is 12.2. The van der Waals surface area contributed by atoms with Crippen molar-refractivity contribution in [2.24, 2.45) is 0 Å². The molecule has 8 heteroatoms. The van der Waals surface area contributed by atoms with Crippen LogP contribution < -0.4 is 5.32 Å². The van der Waals surface area contributed by atoms with Crippen molar-refractivity contribution in [2.75, 3.05) is 0 Å². The number of aromatic nitrogens is 2. The van der Waals surface area contributed by atoms with Gasteiger partial charge in [0.2, 0.25) is 0 Å². The monoisotopic (exact) mass is 333 g/mol. The van der Waals surface area contributed by atoms with Gasteiger partial charge in [0, 0.05) is 12.7 Å². The summed E-state index contributed by atoms with van der Waals surface area (Å²) in [5, 5.41) is 7.02. The number of rotatable bonds is 5. The lowest BCUT2D eigenvalue weighted by molar-refractivity contribution is 0.0921. The molecule has 0 aliphatic rings. The number of benzene rings is 1. The van der Waals surface area contributed by atoms with Gasteiger partial charge in [0.15, 0.2) is 0 Å². The van der Waals surface area contributed by atoms with E-state index in [4.69, 9.17) is 23.2 Å². The van der Waals surface area contributed by atoms with E-state index >= 15 is 0 Å². The van der Waals surface area contributed by atoms with E-state index in [9.17, 15) is 13.6 Å². The molecule has 2 aromatic rings. The number of carbonyl (C=O) groups excluding carboxylic acids is 1. The predicted octanol–water partition coefficient (Wildman–Crippen LogP) is 3.39. The van der Waals surface area contributed by atoms with Crippen molar-refractivity contribution < 1.29 is 13.6 Å². The molecule has 1 aromatic carbocycles. The quantitative estimate of drug-likeness (QED) is 0.911. The smallest absolute Gasteiger partial charge is 0.269 e. The molecular weight excluding hydrogens is 323 g/mol. The summed E-state index contributed by atoms with van der Waals surface area (Å²) in [6.45, 7) is -0.494. The normalized spacial score (nSPS) is 10.9. The van der Waals surface area contributed by atoms with E-state index < -0.39 is 18.9 Å². The lowest BCUT2D eigenvalue weighted by Crippen LogP contribution is -2.27. The van der Waals surface area contributed by atoms with Gasteiger partial charge in [-0.1, -0.05) is 35.3 Å². The molecule has 0 fully saturated rings. The van der Waals surface area contributed by atoms with E-state index in [0.29, 0.717) is 15.6 Å². The minimum Gasteiger partial charge on any atom is -0.347 e. The van der Waals surface area contributed by atoms with E-state index in [0.717, 1.165) is 4.68 Å². The van der Waals surface area contributed by atoms with Crippen LogP contribution in [0.3, 0.4) is 0 Å². The van der Waals surface area contributed by atoms with Crippen molar-refractivity contribution in [3.63, 3.8) is 0 Å². The molecule has 1 heterocycles. The molecule has 1 amide bonds. The molecule has 0 saturated carbocycles. The van der Waals surface area contributed by atoms with Crippen LogP contribution in [0.25, 0.3) is 0 Å². The topological polar surface area (TPSA) is 46.9 Å². The van der Waals surface area contributed by atoms with Gasteiger partial charge in [-0.2, -0.15) is 5.10 Å². The Kier molecular flexibility index (Phi) is 5.14. The Balaban J connectivity index is 2.05. The van der Waals surface area contributed by atoms with Gasteiger partial charge in [-0.15, -0.1) is 0 Å². The van der Waals surface area contributed by atoms with Crippen LogP contribution in [0.5, 0.6) is 0 Å². The van der Waals surface area contributed by atoms with E-state index in [2.05, 4.69) is 10.4 Å². The first kappa shape index (κ1) is 15.7. The fourth-order valence-corrected chi connectivity index (χ4v) is 2.14. The standard InChI is InChI=1S/C13H11Cl2F2N3O/c14-9-3-1-2-8(12(9)15)6-18-13(21)10-4-5-19-20(10)7-11(16)17/h1-5,11H,6-7H2,(H,18,21). The molecule has 0 radical (unpaired) electrons. The van der Waals surface area contributed by atoms with E-state index in [1.54, 1.807) is 18.2 Å². The zero-order valence-electron chi connectivity index (χ0n) is 10.7. The third kappa shape index (κ3) is 3.92. The fraction of sp³-hybridized carbons (Fsp3) is 0.231. The molecule has 0 aliphatic heterocycles. The molecule has 0 bridgehead atoms. The van der Waals surface area contributed by atoms with Gasteiger partial charge in [-0.25, -0.2) is 8.78 Å². The fourth-order valence-electron chi connectivity index (χ4n) is 1.75. The van der Waals surface area contributed by atoms with Crippen molar-refractivity contribution in [3.8, 4) is 0 Å². The van der Waals surface area contributed by atoms with Gasteiger partial charge >= 0.3 is 0 Å². The maximum Gasteiger partial charge on any atom is 0.269 e. The highest BCUT2D eigenvalue weighted by molar-refractivity contribution is 6.42. The highest BCUT2D eigenvalue weighted by atomic mass is 35.5. The number of halogens is 4. The number of nitrogens with zero attached hydrogens (tertiary/aromatic N) is 2. The predicted molar refractivity (Wildman–Crippen MR) is 75.9 cm³/mol. The largest absolute Gasteiger partial charge is 0.347 e. The Morgan fingerprint density at radius 3 is 2.81 bits per heavy atom. The second-order valence-corrected chi connectivity index (χ2v) is 4.97. The molecule has 0 unspecified atom stereocenters. The number of alkyl halides is 2. The Labute approximate surface area is 129 Å². The molecular formula is C13H11Cl2F2N3O. The van der Waals surface area contributed by atoms with Gasteiger partial charge in [0.1, 0.15) is 12.2 Å². The molecule has 2 rings (SSSR count). The number of nitrogens with one attached hydrogen (secondary N) is 1. The van der Waals surface area contributed by atoms with Crippen LogP contribution in [0, 0.1) is 0 Å². The second kappa shape index (κ2) is 6.87. The third-order valence-electron chi connectivity index (χ3n) is 2.73. The van der Waals surface area contributed by atoms with Crippen molar-refractivity contribution >= 4 is 29.1 Å². The Bertz CT molecular complexity index is 646. The average molecular weight is 334 g/mol. The third-order valence-corrected chi connectivity index (χ3v) is 3.59. The number of hydrogen-bond donors (Lipinski definition) is 1. The first-order chi connectivity index (χ1) is 9.99. The van der Waals surface area contributed by atoms with E-state index in [-0.39, 0.29) is 12.2 Å². The summed E-state index contributed by atoms with van der Waals surface area (Å²) in [5.74, 6) is -0.510. The zero-order chi connectivity index (χ0) is 15.4. The molecule has 0 aliphatic carbocycles. The first-order valence-electron chi connectivity index (χ1n) is 6.00. The van der Waals surface area contributed by atoms with Crippen LogP contribution in [0.2, 0.25) is 10.0 Å².